The van der Waals surface area contributed by atoms with E-state index in [1.807, 2.05) is 0 Å². The minimum absolute atomic E-state index is 0.193. The predicted octanol–water partition coefficient (Wildman–Crippen LogP) is 2.69. The molecule has 1 unspecified atom stereocenters. The molecular weight excluding hydrogens is 310 g/mol. The zero-order valence-electron chi connectivity index (χ0n) is 11.2. The van der Waals surface area contributed by atoms with Crippen LogP contribution < -0.4 is 5.32 Å². The van der Waals surface area contributed by atoms with Crippen LogP contribution in [-0.2, 0) is 6.18 Å². The lowest BCUT2D eigenvalue weighted by Crippen LogP contribution is -2.38. The van der Waals surface area contributed by atoms with Crippen molar-refractivity contribution in [3.05, 3.63) is 35.1 Å². The number of benzene rings is 1. The Morgan fingerprint density at radius 2 is 2.10 bits per heavy atom. The molecule has 0 spiro atoms. The molecular formula is C13H15F4NO2S. The summed E-state index contributed by atoms with van der Waals surface area (Å²) in [6.07, 6.45) is -2.81. The van der Waals surface area contributed by atoms with Gasteiger partial charge in [-0.2, -0.15) is 24.9 Å². The van der Waals surface area contributed by atoms with Gasteiger partial charge in [0.15, 0.2) is 0 Å². The van der Waals surface area contributed by atoms with Crippen LogP contribution in [0.2, 0.25) is 0 Å². The lowest BCUT2D eigenvalue weighted by molar-refractivity contribution is -0.138. The fraction of sp³-hybridized carbons (Fsp3) is 0.462. The molecule has 2 N–H and O–H groups in total. The molecule has 0 heterocycles. The van der Waals surface area contributed by atoms with Gasteiger partial charge in [-0.3, -0.25) is 4.79 Å². The smallest absolute Gasteiger partial charge is 0.396 e. The summed E-state index contributed by atoms with van der Waals surface area (Å²) in [4.78, 5) is 12.0. The van der Waals surface area contributed by atoms with Gasteiger partial charge in [-0.25, -0.2) is 4.39 Å². The lowest BCUT2D eigenvalue weighted by atomic mass is 10.1. The molecule has 0 bridgehead atoms. The molecule has 0 aliphatic heterocycles. The first-order chi connectivity index (χ1) is 9.79. The van der Waals surface area contributed by atoms with Gasteiger partial charge in [0.1, 0.15) is 5.82 Å². The topological polar surface area (TPSA) is 49.3 Å². The average molecular weight is 325 g/mol. The maximum Gasteiger partial charge on any atom is 0.417 e. The molecule has 1 rings (SSSR count). The van der Waals surface area contributed by atoms with Gasteiger partial charge in [-0.1, -0.05) is 0 Å². The van der Waals surface area contributed by atoms with Gasteiger partial charge in [-0.05, 0) is 30.9 Å². The molecule has 0 aliphatic carbocycles. The van der Waals surface area contributed by atoms with Crippen molar-refractivity contribution < 1.29 is 27.5 Å². The normalized spacial score (nSPS) is 13.0. The second-order valence-corrected chi connectivity index (χ2v) is 5.24. The summed E-state index contributed by atoms with van der Waals surface area (Å²) in [6.45, 7) is -0.193. The third-order valence-electron chi connectivity index (χ3n) is 2.71. The van der Waals surface area contributed by atoms with Crippen molar-refractivity contribution in [2.75, 3.05) is 18.6 Å². The van der Waals surface area contributed by atoms with Crippen LogP contribution in [-0.4, -0.2) is 35.7 Å². The van der Waals surface area contributed by atoms with Gasteiger partial charge >= 0.3 is 6.18 Å². The van der Waals surface area contributed by atoms with E-state index in [1.54, 1.807) is 6.26 Å². The van der Waals surface area contributed by atoms with Crippen LogP contribution in [0.1, 0.15) is 22.3 Å². The van der Waals surface area contributed by atoms with Crippen LogP contribution in [0.4, 0.5) is 17.6 Å². The molecule has 0 fully saturated rings. The van der Waals surface area contributed by atoms with E-state index >= 15 is 0 Å². The molecule has 0 radical (unpaired) electrons. The highest BCUT2D eigenvalue weighted by atomic mass is 32.2. The molecule has 0 saturated heterocycles. The van der Waals surface area contributed by atoms with Crippen molar-refractivity contribution in [3.63, 3.8) is 0 Å². The molecule has 0 aromatic heterocycles. The summed E-state index contributed by atoms with van der Waals surface area (Å²) < 4.78 is 51.5. The summed E-state index contributed by atoms with van der Waals surface area (Å²) in [7, 11) is 0. The Morgan fingerprint density at radius 1 is 1.43 bits per heavy atom. The van der Waals surface area contributed by atoms with Crippen LogP contribution in [0.3, 0.4) is 0 Å². The van der Waals surface area contributed by atoms with Crippen LogP contribution >= 0.6 is 11.8 Å². The van der Waals surface area contributed by atoms with E-state index in [2.05, 4.69) is 5.32 Å². The standard InChI is InChI=1S/C13H15F4NO2S/c1-21-7-9(4-5-19)18-12(20)10-3-2-8(14)6-11(10)13(15,16)17/h2-3,6,9,19H,4-5,7H2,1H3,(H,18,20). The van der Waals surface area contributed by atoms with E-state index in [9.17, 15) is 22.4 Å². The predicted molar refractivity (Wildman–Crippen MR) is 72.7 cm³/mol. The Balaban J connectivity index is 3.01. The first kappa shape index (κ1) is 17.8. The second-order valence-electron chi connectivity index (χ2n) is 4.33. The number of thioether (sulfide) groups is 1. The van der Waals surface area contributed by atoms with Crippen molar-refractivity contribution in [2.24, 2.45) is 0 Å². The summed E-state index contributed by atoms with van der Waals surface area (Å²) in [6, 6.07) is 1.45. The van der Waals surface area contributed by atoms with Crippen LogP contribution in [0, 0.1) is 5.82 Å². The Morgan fingerprint density at radius 3 is 2.62 bits per heavy atom. The molecule has 118 valence electrons. The maximum atomic E-state index is 13.0. The van der Waals surface area contributed by atoms with Gasteiger partial charge in [-0.15, -0.1) is 0 Å². The fourth-order valence-corrected chi connectivity index (χ4v) is 2.42. The number of nitrogens with one attached hydrogen (secondary N) is 1. The van der Waals surface area contributed by atoms with Crippen molar-refractivity contribution >= 4 is 17.7 Å². The molecule has 1 aromatic rings. The molecule has 0 aliphatic rings. The molecule has 1 aromatic carbocycles. The van der Waals surface area contributed by atoms with Crippen LogP contribution in [0.25, 0.3) is 0 Å². The number of alkyl halides is 3. The fourth-order valence-electron chi connectivity index (χ4n) is 1.77. The van der Waals surface area contributed by atoms with Gasteiger partial charge in [0, 0.05) is 18.4 Å². The highest BCUT2D eigenvalue weighted by Crippen LogP contribution is 2.32. The number of aliphatic hydroxyl groups is 1. The summed E-state index contributed by atoms with van der Waals surface area (Å²) in [5.41, 5.74) is -1.94. The van der Waals surface area contributed by atoms with E-state index in [0.717, 1.165) is 12.1 Å². The lowest BCUT2D eigenvalue weighted by Gasteiger charge is -2.18. The Bertz CT molecular complexity index is 488. The number of halogens is 4. The zero-order chi connectivity index (χ0) is 16.0. The minimum Gasteiger partial charge on any atom is -0.396 e. The van der Waals surface area contributed by atoms with Crippen molar-refractivity contribution in [1.82, 2.24) is 5.32 Å². The van der Waals surface area contributed by atoms with Crippen LogP contribution in [0.15, 0.2) is 18.2 Å². The quantitative estimate of drug-likeness (QED) is 0.791. The van der Waals surface area contributed by atoms with E-state index in [0.29, 0.717) is 11.8 Å². The summed E-state index contributed by atoms with van der Waals surface area (Å²) >= 11 is 1.39. The number of carbonyl (C=O) groups excluding carboxylic acids is 1. The van der Waals surface area contributed by atoms with Crippen LogP contribution in [0.5, 0.6) is 0 Å². The van der Waals surface area contributed by atoms with E-state index < -0.39 is 35.1 Å². The first-order valence-corrected chi connectivity index (χ1v) is 7.46. The highest BCUT2D eigenvalue weighted by molar-refractivity contribution is 7.98. The van der Waals surface area contributed by atoms with Gasteiger partial charge in [0.05, 0.1) is 11.1 Å². The number of aliphatic hydroxyl groups excluding tert-OH is 1. The van der Waals surface area contributed by atoms with E-state index in [1.165, 1.54) is 11.8 Å². The van der Waals surface area contributed by atoms with Crippen molar-refractivity contribution in [3.8, 4) is 0 Å². The Hall–Kier alpha value is -1.28. The Labute approximate surface area is 123 Å². The highest BCUT2D eigenvalue weighted by Gasteiger charge is 2.36. The largest absolute Gasteiger partial charge is 0.417 e. The zero-order valence-corrected chi connectivity index (χ0v) is 12.0. The molecule has 21 heavy (non-hydrogen) atoms. The SMILES string of the molecule is CSCC(CCO)NC(=O)c1ccc(F)cc1C(F)(F)F. The maximum absolute atomic E-state index is 13.0. The van der Waals surface area contributed by atoms with E-state index in [-0.39, 0.29) is 13.0 Å². The first-order valence-electron chi connectivity index (χ1n) is 6.07. The monoisotopic (exact) mass is 325 g/mol. The molecule has 8 heteroatoms. The third-order valence-corrected chi connectivity index (χ3v) is 3.45. The number of amides is 1. The third kappa shape index (κ3) is 5.20. The molecule has 0 saturated carbocycles. The number of hydrogen-bond acceptors (Lipinski definition) is 3. The molecule has 1 amide bonds. The average Bonchev–Trinajstić information content (AvgIpc) is 2.38. The van der Waals surface area contributed by atoms with Gasteiger partial charge in [0.25, 0.3) is 5.91 Å². The van der Waals surface area contributed by atoms with Gasteiger partial charge in [0.2, 0.25) is 0 Å². The summed E-state index contributed by atoms with van der Waals surface area (Å²) in [5, 5.41) is 11.3. The number of hydrogen-bond donors (Lipinski definition) is 2. The Kier molecular flexibility index (Phi) is 6.47. The minimum atomic E-state index is -4.82. The summed E-state index contributed by atoms with van der Waals surface area (Å²) in [5.74, 6) is -1.54. The van der Waals surface area contributed by atoms with Gasteiger partial charge < -0.3 is 10.4 Å². The van der Waals surface area contributed by atoms with E-state index in [4.69, 9.17) is 5.11 Å². The molecule has 3 nitrogen and oxygen atoms in total. The van der Waals surface area contributed by atoms with Crippen molar-refractivity contribution in [2.45, 2.75) is 18.6 Å². The molecule has 1 atom stereocenters. The van der Waals surface area contributed by atoms with Crippen molar-refractivity contribution in [1.29, 1.82) is 0 Å². The number of carbonyl (C=O) groups is 1. The second kappa shape index (κ2) is 7.65. The number of rotatable bonds is 6.